The second kappa shape index (κ2) is 10.1. The molecule has 1 N–H and O–H groups in total. The maximum atomic E-state index is 13.5. The quantitative estimate of drug-likeness (QED) is 0.267. The summed E-state index contributed by atoms with van der Waals surface area (Å²) in [7, 11) is 0. The first kappa shape index (κ1) is 25.8. The Kier molecular flexibility index (Phi) is 6.88. The number of anilines is 1. The predicted molar refractivity (Wildman–Crippen MR) is 146 cm³/mol. The van der Waals surface area contributed by atoms with Crippen molar-refractivity contribution in [2.45, 2.75) is 39.0 Å². The van der Waals surface area contributed by atoms with Crippen molar-refractivity contribution in [2.24, 2.45) is 0 Å². The summed E-state index contributed by atoms with van der Waals surface area (Å²) in [5, 5.41) is 3.98. The largest absolute Gasteiger partial charge is 0.494 e. The molecular formula is C29H27F3N4OS. The molecular weight excluding hydrogens is 509 g/mol. The predicted octanol–water partition coefficient (Wildman–Crippen LogP) is 7.08. The average molecular weight is 537 g/mol. The van der Waals surface area contributed by atoms with Crippen molar-refractivity contribution in [3.05, 3.63) is 107 Å². The van der Waals surface area contributed by atoms with Gasteiger partial charge in [0.15, 0.2) is 5.11 Å². The highest BCUT2D eigenvalue weighted by Gasteiger charge is 2.42. The third-order valence-electron chi connectivity index (χ3n) is 6.74. The number of aromatic nitrogens is 2. The Hall–Kier alpha value is -3.85. The van der Waals surface area contributed by atoms with Crippen LogP contribution in [0, 0.1) is 13.8 Å². The minimum Gasteiger partial charge on any atom is -0.494 e. The number of hydrogen-bond acceptors (Lipinski definition) is 3. The molecule has 0 amide bonds. The Bertz CT molecular complexity index is 1450. The number of aryl methyl sites for hydroxylation is 1. The van der Waals surface area contributed by atoms with Crippen LogP contribution in [0.2, 0.25) is 0 Å². The molecule has 3 heterocycles. The third-order valence-corrected chi connectivity index (χ3v) is 7.06. The lowest BCUT2D eigenvalue weighted by Gasteiger charge is -2.28. The summed E-state index contributed by atoms with van der Waals surface area (Å²) >= 11 is 5.82. The fraction of sp³-hybridized carbons (Fsp3) is 0.241. The summed E-state index contributed by atoms with van der Waals surface area (Å²) in [5.74, 6) is 0.759. The van der Waals surface area contributed by atoms with Gasteiger partial charge in [-0.05, 0) is 99.2 Å². The van der Waals surface area contributed by atoms with Crippen LogP contribution < -0.4 is 15.0 Å². The molecule has 2 aromatic carbocycles. The van der Waals surface area contributed by atoms with Crippen molar-refractivity contribution in [3.63, 3.8) is 0 Å². The van der Waals surface area contributed by atoms with Gasteiger partial charge in [0, 0.05) is 29.0 Å². The van der Waals surface area contributed by atoms with E-state index in [2.05, 4.69) is 10.3 Å². The van der Waals surface area contributed by atoms with Gasteiger partial charge in [-0.3, -0.25) is 4.98 Å². The van der Waals surface area contributed by atoms with Gasteiger partial charge in [-0.1, -0.05) is 12.1 Å². The van der Waals surface area contributed by atoms with Crippen molar-refractivity contribution in [2.75, 3.05) is 11.5 Å². The number of benzene rings is 2. The Labute approximate surface area is 224 Å². The maximum absolute atomic E-state index is 13.5. The standard InChI is InChI=1S/C29H27F3N4OS/c1-4-37-23-13-11-21(12-14-23)36-27(26(34-28(36)38)25-10-5-6-15-33-25)24-16-18(2)35(19(24)3)22-9-7-8-20(17-22)29(30,31)32/h5-17,26-27H,4H2,1-3H3,(H,34,38)/t26-,27+/m1/s1. The third kappa shape index (κ3) is 4.74. The van der Waals surface area contributed by atoms with E-state index in [1.807, 2.05) is 78.8 Å². The zero-order chi connectivity index (χ0) is 27.0. The van der Waals surface area contributed by atoms with E-state index in [-0.39, 0.29) is 12.1 Å². The van der Waals surface area contributed by atoms with Crippen molar-refractivity contribution in [1.29, 1.82) is 0 Å². The Morgan fingerprint density at radius 3 is 2.39 bits per heavy atom. The lowest BCUT2D eigenvalue weighted by molar-refractivity contribution is -0.137. The Morgan fingerprint density at radius 2 is 1.74 bits per heavy atom. The van der Waals surface area contributed by atoms with Gasteiger partial charge in [-0.25, -0.2) is 0 Å². The van der Waals surface area contributed by atoms with Crippen LogP contribution in [0.4, 0.5) is 18.9 Å². The zero-order valence-electron chi connectivity index (χ0n) is 21.2. The van der Waals surface area contributed by atoms with Gasteiger partial charge in [-0.2, -0.15) is 13.2 Å². The van der Waals surface area contributed by atoms with E-state index in [9.17, 15) is 13.2 Å². The number of thiocarbonyl (C=S) groups is 1. The molecule has 9 heteroatoms. The van der Waals surface area contributed by atoms with E-state index in [0.717, 1.165) is 40.1 Å². The molecule has 5 rings (SSSR count). The molecule has 0 aliphatic carbocycles. The van der Waals surface area contributed by atoms with Crippen molar-refractivity contribution in [1.82, 2.24) is 14.9 Å². The molecule has 2 aromatic heterocycles. The van der Waals surface area contributed by atoms with Gasteiger partial charge in [0.2, 0.25) is 0 Å². The van der Waals surface area contributed by atoms with E-state index >= 15 is 0 Å². The molecule has 0 spiro atoms. The first-order valence-electron chi connectivity index (χ1n) is 12.3. The summed E-state index contributed by atoms with van der Waals surface area (Å²) in [5.41, 5.74) is 4.05. The molecule has 2 atom stereocenters. The highest BCUT2D eigenvalue weighted by atomic mass is 32.1. The van der Waals surface area contributed by atoms with Crippen molar-refractivity contribution in [3.8, 4) is 11.4 Å². The molecule has 196 valence electrons. The number of alkyl halides is 3. The molecule has 1 fully saturated rings. The number of nitrogens with one attached hydrogen (secondary N) is 1. The van der Waals surface area contributed by atoms with Gasteiger partial charge in [0.1, 0.15) is 5.75 Å². The summed E-state index contributed by atoms with van der Waals surface area (Å²) < 4.78 is 47.9. The van der Waals surface area contributed by atoms with E-state index in [0.29, 0.717) is 17.4 Å². The van der Waals surface area contributed by atoms with Crippen LogP contribution in [0.5, 0.6) is 5.75 Å². The van der Waals surface area contributed by atoms with Gasteiger partial charge in [0.25, 0.3) is 0 Å². The fourth-order valence-corrected chi connectivity index (χ4v) is 5.47. The number of pyridine rings is 1. The smallest absolute Gasteiger partial charge is 0.416 e. The second-order valence-electron chi connectivity index (χ2n) is 9.13. The first-order valence-corrected chi connectivity index (χ1v) is 12.7. The normalized spacial score (nSPS) is 17.5. The molecule has 0 saturated carbocycles. The van der Waals surface area contributed by atoms with Gasteiger partial charge < -0.3 is 19.5 Å². The summed E-state index contributed by atoms with van der Waals surface area (Å²) in [6, 6.07) is 20.3. The number of halogens is 3. The van der Waals surface area contributed by atoms with Crippen molar-refractivity contribution >= 4 is 23.0 Å². The van der Waals surface area contributed by atoms with Gasteiger partial charge in [0.05, 0.1) is 29.9 Å². The van der Waals surface area contributed by atoms with E-state index in [1.54, 1.807) is 12.3 Å². The SMILES string of the molecule is CCOc1ccc(N2C(=S)N[C@H](c3ccccn3)[C@@H]2c2cc(C)n(-c3cccc(C(F)(F)F)c3)c2C)cc1. The highest BCUT2D eigenvalue weighted by Crippen LogP contribution is 2.44. The number of rotatable bonds is 6. The maximum Gasteiger partial charge on any atom is 0.416 e. The van der Waals surface area contributed by atoms with E-state index in [1.165, 1.54) is 12.1 Å². The molecule has 0 bridgehead atoms. The minimum absolute atomic E-state index is 0.272. The van der Waals surface area contributed by atoms with Gasteiger partial charge >= 0.3 is 6.18 Å². The molecule has 1 aliphatic heterocycles. The fourth-order valence-electron chi connectivity index (χ4n) is 5.12. The summed E-state index contributed by atoms with van der Waals surface area (Å²) in [6.07, 6.45) is -2.69. The van der Waals surface area contributed by atoms with Crippen LogP contribution in [0.3, 0.4) is 0 Å². The molecule has 5 nitrogen and oxygen atoms in total. The van der Waals surface area contributed by atoms with Gasteiger partial charge in [-0.15, -0.1) is 0 Å². The van der Waals surface area contributed by atoms with Crippen LogP contribution >= 0.6 is 12.2 Å². The minimum atomic E-state index is -4.43. The van der Waals surface area contributed by atoms with Crippen LogP contribution in [-0.2, 0) is 6.18 Å². The number of nitrogens with zero attached hydrogens (tertiary/aromatic N) is 3. The highest BCUT2D eigenvalue weighted by molar-refractivity contribution is 7.80. The lowest BCUT2D eigenvalue weighted by atomic mass is 9.96. The molecule has 0 radical (unpaired) electrons. The summed E-state index contributed by atoms with van der Waals surface area (Å²) in [6.45, 7) is 6.32. The Morgan fingerprint density at radius 1 is 0.974 bits per heavy atom. The second-order valence-corrected chi connectivity index (χ2v) is 9.52. The molecule has 4 aromatic rings. The first-order chi connectivity index (χ1) is 18.2. The van der Waals surface area contributed by atoms with Crippen LogP contribution in [-0.4, -0.2) is 21.3 Å². The van der Waals surface area contributed by atoms with Crippen molar-refractivity contribution < 1.29 is 17.9 Å². The molecule has 1 aliphatic rings. The van der Waals surface area contributed by atoms with Crippen LogP contribution in [0.25, 0.3) is 5.69 Å². The Balaban J connectivity index is 1.64. The number of ether oxygens (including phenoxy) is 1. The number of hydrogen-bond donors (Lipinski definition) is 1. The topological polar surface area (TPSA) is 42.3 Å². The van der Waals surface area contributed by atoms with E-state index < -0.39 is 11.7 Å². The van der Waals surface area contributed by atoms with Crippen LogP contribution in [0.15, 0.2) is 79.0 Å². The molecule has 1 saturated heterocycles. The molecule has 38 heavy (non-hydrogen) atoms. The van der Waals surface area contributed by atoms with Crippen LogP contribution in [0.1, 0.15) is 47.2 Å². The summed E-state index contributed by atoms with van der Waals surface area (Å²) in [4.78, 5) is 6.64. The lowest BCUT2D eigenvalue weighted by Crippen LogP contribution is -2.29. The van der Waals surface area contributed by atoms with E-state index in [4.69, 9.17) is 17.0 Å². The monoisotopic (exact) mass is 536 g/mol. The molecule has 0 unspecified atom stereocenters. The average Bonchev–Trinajstić information content (AvgIpc) is 3.39. The zero-order valence-corrected chi connectivity index (χ0v) is 22.0.